The third-order valence-electron chi connectivity index (χ3n) is 5.80. The summed E-state index contributed by atoms with van der Waals surface area (Å²) in [5.74, 6) is 0.304. The highest BCUT2D eigenvalue weighted by atomic mass is 32.2. The van der Waals surface area contributed by atoms with Crippen LogP contribution in [0.2, 0.25) is 0 Å². The predicted octanol–water partition coefficient (Wildman–Crippen LogP) is 1.52. The summed E-state index contributed by atoms with van der Waals surface area (Å²) in [5.41, 5.74) is -0.727. The lowest BCUT2D eigenvalue weighted by molar-refractivity contribution is -0.130. The first kappa shape index (κ1) is 23.6. The minimum Gasteiger partial charge on any atom is -0.494 e. The molecule has 11 heteroatoms. The van der Waals surface area contributed by atoms with Gasteiger partial charge in [-0.3, -0.25) is 23.4 Å². The van der Waals surface area contributed by atoms with Gasteiger partial charge in [-0.05, 0) is 62.2 Å². The molecule has 2 heterocycles. The van der Waals surface area contributed by atoms with Crippen molar-refractivity contribution in [1.82, 2.24) is 14.0 Å². The molecule has 0 unspecified atom stereocenters. The smallest absolute Gasteiger partial charge is 0.331 e. The van der Waals surface area contributed by atoms with Gasteiger partial charge in [-0.1, -0.05) is 0 Å². The zero-order chi connectivity index (χ0) is 24.5. The molecule has 34 heavy (non-hydrogen) atoms. The van der Waals surface area contributed by atoms with E-state index < -0.39 is 21.3 Å². The number of aromatic nitrogens is 2. The number of carbonyl (C=O) groups excluding carboxylic acids is 1. The Bertz CT molecular complexity index is 1450. The molecule has 2 aromatic carbocycles. The average Bonchev–Trinajstić information content (AvgIpc) is 3.36. The van der Waals surface area contributed by atoms with Gasteiger partial charge in [-0.15, -0.1) is 0 Å². The Morgan fingerprint density at radius 2 is 1.74 bits per heavy atom. The van der Waals surface area contributed by atoms with Gasteiger partial charge in [-0.25, -0.2) is 13.2 Å². The molecule has 0 radical (unpaired) electrons. The minimum absolute atomic E-state index is 0.0332. The number of aryl methyl sites for hydroxylation is 1. The molecule has 180 valence electrons. The van der Waals surface area contributed by atoms with Gasteiger partial charge in [0.1, 0.15) is 12.3 Å². The number of nitrogens with zero attached hydrogens (tertiary/aromatic N) is 3. The van der Waals surface area contributed by atoms with Crippen LogP contribution in [-0.4, -0.2) is 48.1 Å². The third kappa shape index (κ3) is 4.56. The molecule has 1 saturated heterocycles. The van der Waals surface area contributed by atoms with Crippen LogP contribution in [-0.2, 0) is 28.4 Å². The van der Waals surface area contributed by atoms with E-state index in [1.54, 1.807) is 29.2 Å². The van der Waals surface area contributed by atoms with E-state index in [4.69, 9.17) is 4.74 Å². The molecule has 1 aliphatic rings. The van der Waals surface area contributed by atoms with E-state index in [1.165, 1.54) is 29.8 Å². The molecule has 0 bridgehead atoms. The summed E-state index contributed by atoms with van der Waals surface area (Å²) in [6, 6.07) is 10.4. The molecule has 4 rings (SSSR count). The van der Waals surface area contributed by atoms with E-state index in [0.29, 0.717) is 31.1 Å². The Morgan fingerprint density at radius 1 is 1.06 bits per heavy atom. The number of ether oxygens (including phenoxy) is 1. The molecule has 10 nitrogen and oxygen atoms in total. The maximum absolute atomic E-state index is 13.1. The average molecular weight is 487 g/mol. The highest BCUT2D eigenvalue weighted by Gasteiger charge is 2.22. The van der Waals surface area contributed by atoms with Crippen molar-refractivity contribution in [1.29, 1.82) is 0 Å². The van der Waals surface area contributed by atoms with Crippen molar-refractivity contribution in [3.05, 3.63) is 63.3 Å². The molecule has 3 aromatic rings. The lowest BCUT2D eigenvalue weighted by Crippen LogP contribution is -2.43. The van der Waals surface area contributed by atoms with Gasteiger partial charge in [0.2, 0.25) is 5.91 Å². The van der Waals surface area contributed by atoms with E-state index >= 15 is 0 Å². The van der Waals surface area contributed by atoms with Gasteiger partial charge in [0.05, 0.1) is 22.4 Å². The van der Waals surface area contributed by atoms with Crippen LogP contribution in [0.3, 0.4) is 0 Å². The molecule has 0 aliphatic carbocycles. The van der Waals surface area contributed by atoms with Gasteiger partial charge >= 0.3 is 5.69 Å². The van der Waals surface area contributed by atoms with Crippen LogP contribution >= 0.6 is 0 Å². The largest absolute Gasteiger partial charge is 0.494 e. The first-order valence-corrected chi connectivity index (χ1v) is 12.5. The molecule has 1 amide bonds. The summed E-state index contributed by atoms with van der Waals surface area (Å²) in [7, 11) is -2.54. The van der Waals surface area contributed by atoms with Gasteiger partial charge in [0, 0.05) is 25.8 Å². The Labute approximate surface area is 196 Å². The van der Waals surface area contributed by atoms with Gasteiger partial charge in [0.25, 0.3) is 15.6 Å². The number of nitrogens with one attached hydrogen (secondary N) is 1. The SMILES string of the molecule is CCOc1ccc(NS(=O)(=O)c2ccc3c(c2)c(=O)n(CC(=O)N2CCCC2)c(=O)n3C)cc1. The first-order chi connectivity index (χ1) is 16.2. The van der Waals surface area contributed by atoms with E-state index in [1.807, 2.05) is 6.92 Å². The summed E-state index contributed by atoms with van der Waals surface area (Å²) < 4.78 is 35.9. The first-order valence-electron chi connectivity index (χ1n) is 11.0. The van der Waals surface area contributed by atoms with E-state index in [2.05, 4.69) is 4.72 Å². The molecule has 1 N–H and O–H groups in total. The Balaban J connectivity index is 1.70. The number of fused-ring (bicyclic) bond motifs is 1. The summed E-state index contributed by atoms with van der Waals surface area (Å²) in [4.78, 5) is 40.0. The highest BCUT2D eigenvalue weighted by molar-refractivity contribution is 7.92. The summed E-state index contributed by atoms with van der Waals surface area (Å²) in [6.07, 6.45) is 1.78. The van der Waals surface area contributed by atoms with E-state index in [9.17, 15) is 22.8 Å². The van der Waals surface area contributed by atoms with Crippen LogP contribution in [0.25, 0.3) is 10.9 Å². The fraction of sp³-hybridized carbons (Fsp3) is 0.348. The van der Waals surface area contributed by atoms with Crippen LogP contribution in [0.4, 0.5) is 5.69 Å². The molecule has 1 aliphatic heterocycles. The molecular weight excluding hydrogens is 460 g/mol. The van der Waals surface area contributed by atoms with Crippen LogP contribution in [0.15, 0.2) is 56.9 Å². The van der Waals surface area contributed by atoms with E-state index in [-0.39, 0.29) is 28.3 Å². The monoisotopic (exact) mass is 486 g/mol. The number of sulfonamides is 1. The number of rotatable bonds is 7. The van der Waals surface area contributed by atoms with Crippen molar-refractivity contribution in [2.45, 2.75) is 31.2 Å². The second-order valence-corrected chi connectivity index (χ2v) is 9.75. The van der Waals surface area contributed by atoms with Crippen molar-refractivity contribution in [2.24, 2.45) is 7.05 Å². The topological polar surface area (TPSA) is 120 Å². The molecule has 1 aromatic heterocycles. The van der Waals surface area contributed by atoms with Crippen molar-refractivity contribution in [2.75, 3.05) is 24.4 Å². The van der Waals surface area contributed by atoms with Crippen molar-refractivity contribution >= 4 is 32.5 Å². The van der Waals surface area contributed by atoms with Crippen LogP contribution < -0.4 is 20.7 Å². The number of hydrogen-bond acceptors (Lipinski definition) is 6. The third-order valence-corrected chi connectivity index (χ3v) is 7.18. The van der Waals surface area contributed by atoms with Crippen LogP contribution in [0, 0.1) is 0 Å². The summed E-state index contributed by atoms with van der Waals surface area (Å²) in [6.45, 7) is 3.15. The van der Waals surface area contributed by atoms with Crippen molar-refractivity contribution in [3.63, 3.8) is 0 Å². The number of likely N-dealkylation sites (tertiary alicyclic amines) is 1. The fourth-order valence-corrected chi connectivity index (χ4v) is 5.09. The Hall–Kier alpha value is -3.60. The lowest BCUT2D eigenvalue weighted by atomic mass is 10.2. The normalized spacial score (nSPS) is 13.9. The van der Waals surface area contributed by atoms with Gasteiger partial charge in [0.15, 0.2) is 0 Å². The fourth-order valence-electron chi connectivity index (χ4n) is 4.00. The quantitative estimate of drug-likeness (QED) is 0.541. The number of hydrogen-bond donors (Lipinski definition) is 1. The summed E-state index contributed by atoms with van der Waals surface area (Å²) in [5, 5.41) is 0.0332. The number of anilines is 1. The molecule has 0 spiro atoms. The summed E-state index contributed by atoms with van der Waals surface area (Å²) >= 11 is 0. The van der Waals surface area contributed by atoms with Crippen molar-refractivity contribution in [3.8, 4) is 5.75 Å². The molecule has 1 fully saturated rings. The van der Waals surface area contributed by atoms with Crippen molar-refractivity contribution < 1.29 is 17.9 Å². The Kier molecular flexibility index (Phi) is 6.47. The second kappa shape index (κ2) is 9.34. The van der Waals surface area contributed by atoms with Gasteiger partial charge < -0.3 is 9.64 Å². The zero-order valence-corrected chi connectivity index (χ0v) is 19.8. The molecule has 0 saturated carbocycles. The Morgan fingerprint density at radius 3 is 2.38 bits per heavy atom. The molecule has 0 atom stereocenters. The maximum Gasteiger partial charge on any atom is 0.331 e. The maximum atomic E-state index is 13.1. The minimum atomic E-state index is -4.02. The zero-order valence-electron chi connectivity index (χ0n) is 19.0. The van der Waals surface area contributed by atoms with Crippen LogP contribution in [0.1, 0.15) is 19.8 Å². The number of amides is 1. The second-order valence-electron chi connectivity index (χ2n) is 8.06. The van der Waals surface area contributed by atoms with Crippen LogP contribution in [0.5, 0.6) is 5.75 Å². The lowest BCUT2D eigenvalue weighted by Gasteiger charge is -2.17. The number of carbonyl (C=O) groups is 1. The predicted molar refractivity (Wildman–Crippen MR) is 128 cm³/mol. The standard InChI is InChI=1S/C23H26N4O6S/c1-3-33-17-8-6-16(7-9-17)24-34(31,32)18-10-11-20-19(14-18)22(29)27(23(30)25(20)2)15-21(28)26-12-4-5-13-26/h6-11,14,24H,3-5,12-13,15H2,1-2H3. The highest BCUT2D eigenvalue weighted by Crippen LogP contribution is 2.21. The number of benzene rings is 2. The van der Waals surface area contributed by atoms with Gasteiger partial charge in [-0.2, -0.15) is 0 Å². The van der Waals surface area contributed by atoms with E-state index in [0.717, 1.165) is 17.4 Å². The molecular formula is C23H26N4O6S.